The Labute approximate surface area is 116 Å². The third kappa shape index (κ3) is 4.94. The van der Waals surface area contributed by atoms with Crippen molar-refractivity contribution < 1.29 is 14.7 Å². The first-order valence-electron chi connectivity index (χ1n) is 7.40. The van der Waals surface area contributed by atoms with Crippen LogP contribution in [-0.4, -0.2) is 36.9 Å². The van der Waals surface area contributed by atoms with Gasteiger partial charge in [0.1, 0.15) is 12.6 Å². The lowest BCUT2D eigenvalue weighted by Crippen LogP contribution is -3.17. The topological polar surface area (TPSA) is 33.9 Å². The van der Waals surface area contributed by atoms with Gasteiger partial charge in [-0.1, -0.05) is 30.3 Å². The summed E-state index contributed by atoms with van der Waals surface area (Å²) < 4.78 is 5.59. The molecule has 0 aromatic heterocycles. The van der Waals surface area contributed by atoms with Gasteiger partial charge >= 0.3 is 0 Å². The predicted molar refractivity (Wildman–Crippen MR) is 76.1 cm³/mol. The molecule has 0 spiro atoms. The van der Waals surface area contributed by atoms with E-state index in [-0.39, 0.29) is 6.10 Å². The van der Waals surface area contributed by atoms with Crippen LogP contribution < -0.4 is 4.90 Å². The van der Waals surface area contributed by atoms with Gasteiger partial charge in [-0.25, -0.2) is 0 Å². The lowest BCUT2D eigenvalue weighted by atomic mass is 10.0. The number of quaternary nitrogens is 1. The fourth-order valence-corrected chi connectivity index (χ4v) is 2.80. The minimum absolute atomic E-state index is 0.348. The van der Waals surface area contributed by atoms with Crippen LogP contribution in [0.5, 0.6) is 0 Å². The number of aliphatic hydroxyl groups is 1. The zero-order valence-corrected chi connectivity index (χ0v) is 11.8. The molecule has 1 aromatic carbocycles. The third-order valence-corrected chi connectivity index (χ3v) is 4.00. The van der Waals surface area contributed by atoms with Crippen molar-refractivity contribution >= 4 is 0 Å². The summed E-state index contributed by atoms with van der Waals surface area (Å²) in [7, 11) is 0. The number of piperidine rings is 1. The van der Waals surface area contributed by atoms with Gasteiger partial charge < -0.3 is 14.7 Å². The van der Waals surface area contributed by atoms with E-state index < -0.39 is 0 Å². The summed E-state index contributed by atoms with van der Waals surface area (Å²) in [6, 6.07) is 10.8. The van der Waals surface area contributed by atoms with E-state index in [1.165, 1.54) is 30.7 Å². The predicted octanol–water partition coefficient (Wildman–Crippen LogP) is 1.02. The van der Waals surface area contributed by atoms with Crippen LogP contribution in [0, 0.1) is 0 Å². The van der Waals surface area contributed by atoms with Gasteiger partial charge in [-0.2, -0.15) is 0 Å². The number of hydrogen-bond acceptors (Lipinski definition) is 2. The second-order valence-electron chi connectivity index (χ2n) is 5.66. The fraction of sp³-hybridized carbons (Fsp3) is 0.625. The van der Waals surface area contributed by atoms with Gasteiger partial charge in [-0.3, -0.25) is 0 Å². The van der Waals surface area contributed by atoms with Crippen molar-refractivity contribution in [1.29, 1.82) is 0 Å². The maximum atomic E-state index is 10.1. The highest BCUT2D eigenvalue weighted by molar-refractivity contribution is 5.13. The number of rotatable bonds is 6. The average Bonchev–Trinajstić information content (AvgIpc) is 2.43. The Balaban J connectivity index is 1.65. The number of hydrogen-bond donors (Lipinski definition) is 2. The van der Waals surface area contributed by atoms with Gasteiger partial charge in [0.2, 0.25) is 0 Å². The van der Waals surface area contributed by atoms with Crippen molar-refractivity contribution in [2.75, 3.05) is 19.7 Å². The van der Waals surface area contributed by atoms with Crippen LogP contribution >= 0.6 is 0 Å². The fourth-order valence-electron chi connectivity index (χ4n) is 2.80. The molecule has 106 valence electrons. The van der Waals surface area contributed by atoms with Crippen LogP contribution in [0.2, 0.25) is 0 Å². The molecule has 2 rings (SSSR count). The Hall–Kier alpha value is -0.900. The molecular formula is C16H26NO2+. The molecule has 19 heavy (non-hydrogen) atoms. The quantitative estimate of drug-likeness (QED) is 0.804. The molecule has 0 amide bonds. The first kappa shape index (κ1) is 14.5. The van der Waals surface area contributed by atoms with Gasteiger partial charge in [0.05, 0.1) is 25.8 Å². The molecule has 0 saturated carbocycles. The molecule has 1 saturated heterocycles. The molecule has 1 aliphatic rings. The summed E-state index contributed by atoms with van der Waals surface area (Å²) in [5.74, 6) is 0. The molecule has 0 radical (unpaired) electrons. The number of nitrogens with one attached hydrogen (secondary N) is 1. The maximum absolute atomic E-state index is 10.1. The third-order valence-electron chi connectivity index (χ3n) is 4.00. The lowest BCUT2D eigenvalue weighted by molar-refractivity contribution is -0.931. The van der Waals surface area contributed by atoms with Crippen molar-refractivity contribution in [1.82, 2.24) is 0 Å². The van der Waals surface area contributed by atoms with Crippen LogP contribution in [0.25, 0.3) is 0 Å². The number of benzene rings is 1. The number of likely N-dealkylation sites (tertiary alicyclic amines) is 1. The second-order valence-corrected chi connectivity index (χ2v) is 5.66. The minimum atomic E-state index is -0.348. The summed E-state index contributed by atoms with van der Waals surface area (Å²) in [6.07, 6.45) is 3.56. The lowest BCUT2D eigenvalue weighted by Gasteiger charge is -2.31. The van der Waals surface area contributed by atoms with Crippen LogP contribution in [0.3, 0.4) is 0 Å². The smallest absolute Gasteiger partial charge is 0.126 e. The van der Waals surface area contributed by atoms with Crippen molar-refractivity contribution in [3.63, 3.8) is 0 Å². The van der Waals surface area contributed by atoms with Crippen LogP contribution in [0.15, 0.2) is 30.3 Å². The Kier molecular flexibility index (Phi) is 5.83. The first-order valence-corrected chi connectivity index (χ1v) is 7.40. The summed E-state index contributed by atoms with van der Waals surface area (Å²) in [5, 5.41) is 10.1. The second kappa shape index (κ2) is 7.63. The standard InChI is InChI=1S/C16H25NO2/c1-14-7-5-6-10-17(14)11-16(18)13-19-12-15-8-3-2-4-9-15/h2-4,8-9,14,16,18H,5-7,10-13H2,1H3/p+1/t14-,16-/m0/s1. The van der Waals surface area contributed by atoms with E-state index in [0.717, 1.165) is 12.1 Å². The summed E-state index contributed by atoms with van der Waals surface area (Å²) in [4.78, 5) is 1.53. The minimum Gasteiger partial charge on any atom is -0.385 e. The van der Waals surface area contributed by atoms with E-state index in [0.29, 0.717) is 19.3 Å². The van der Waals surface area contributed by atoms with Crippen molar-refractivity contribution in [3.05, 3.63) is 35.9 Å². The molecule has 3 heteroatoms. The molecule has 3 nitrogen and oxygen atoms in total. The SMILES string of the molecule is C[C@H]1CCCC[NH+]1C[C@H](O)COCc1ccccc1. The molecule has 1 aromatic rings. The first-order chi connectivity index (χ1) is 9.25. The van der Waals surface area contributed by atoms with Crippen LogP contribution in [0.4, 0.5) is 0 Å². The van der Waals surface area contributed by atoms with E-state index in [4.69, 9.17) is 4.74 Å². The van der Waals surface area contributed by atoms with Crippen LogP contribution in [0.1, 0.15) is 31.7 Å². The summed E-state index contributed by atoms with van der Waals surface area (Å²) in [6.45, 7) is 5.31. The van der Waals surface area contributed by atoms with Gasteiger partial charge in [-0.05, 0) is 31.7 Å². The Bertz CT molecular complexity index is 355. The van der Waals surface area contributed by atoms with Gasteiger partial charge in [0.25, 0.3) is 0 Å². The zero-order chi connectivity index (χ0) is 13.5. The monoisotopic (exact) mass is 264 g/mol. The number of ether oxygens (including phenoxy) is 1. The van der Waals surface area contributed by atoms with Gasteiger partial charge in [-0.15, -0.1) is 0 Å². The Morgan fingerprint density at radius 3 is 2.84 bits per heavy atom. The van der Waals surface area contributed by atoms with Crippen molar-refractivity contribution in [2.24, 2.45) is 0 Å². The maximum Gasteiger partial charge on any atom is 0.126 e. The van der Waals surface area contributed by atoms with Crippen LogP contribution in [-0.2, 0) is 11.3 Å². The molecule has 1 heterocycles. The Morgan fingerprint density at radius 2 is 2.11 bits per heavy atom. The van der Waals surface area contributed by atoms with Gasteiger partial charge in [0, 0.05) is 0 Å². The van der Waals surface area contributed by atoms with E-state index >= 15 is 0 Å². The number of aliphatic hydroxyl groups excluding tert-OH is 1. The molecule has 1 fully saturated rings. The van der Waals surface area contributed by atoms with E-state index in [1.54, 1.807) is 0 Å². The highest BCUT2D eigenvalue weighted by Crippen LogP contribution is 2.03. The molecule has 0 bridgehead atoms. The normalized spacial score (nSPS) is 25.2. The van der Waals surface area contributed by atoms with E-state index in [9.17, 15) is 5.11 Å². The molecule has 1 unspecified atom stereocenters. The largest absolute Gasteiger partial charge is 0.385 e. The summed E-state index contributed by atoms with van der Waals surface area (Å²) in [5.41, 5.74) is 1.16. The molecular weight excluding hydrogens is 238 g/mol. The molecule has 0 aliphatic carbocycles. The zero-order valence-electron chi connectivity index (χ0n) is 11.8. The molecule has 2 N–H and O–H groups in total. The van der Waals surface area contributed by atoms with E-state index in [1.807, 2.05) is 30.3 Å². The molecule has 1 aliphatic heterocycles. The van der Waals surface area contributed by atoms with Crippen molar-refractivity contribution in [3.8, 4) is 0 Å². The Morgan fingerprint density at radius 1 is 1.32 bits per heavy atom. The average molecular weight is 264 g/mol. The highest BCUT2D eigenvalue weighted by Gasteiger charge is 2.24. The highest BCUT2D eigenvalue weighted by atomic mass is 16.5. The van der Waals surface area contributed by atoms with Crippen molar-refractivity contribution in [2.45, 2.75) is 44.9 Å². The molecule has 3 atom stereocenters. The van der Waals surface area contributed by atoms with E-state index in [2.05, 4.69) is 6.92 Å². The summed E-state index contributed by atoms with van der Waals surface area (Å²) >= 11 is 0. The van der Waals surface area contributed by atoms with Gasteiger partial charge in [0.15, 0.2) is 0 Å².